The van der Waals surface area contributed by atoms with Gasteiger partial charge in [0, 0.05) is 5.37 Å². The van der Waals surface area contributed by atoms with Crippen molar-refractivity contribution >= 4 is 17.6 Å². The zero-order valence-corrected chi connectivity index (χ0v) is 9.77. The Kier molecular flexibility index (Phi) is 3.38. The van der Waals surface area contributed by atoms with Crippen LogP contribution in [0.4, 0.5) is 13.2 Å². The topological polar surface area (TPSA) is 9.23 Å². The summed E-state index contributed by atoms with van der Waals surface area (Å²) in [4.78, 5) is 0. The number of rotatable bonds is 4. The smallest absolute Gasteiger partial charge is 0.419 e. The number of alkyl halides is 3. The number of thiocarbonyl (C=S) groups is 1. The Morgan fingerprint density at radius 1 is 1.35 bits per heavy atom. The average molecular weight is 260 g/mol. The van der Waals surface area contributed by atoms with E-state index in [-0.39, 0.29) is 5.75 Å². The summed E-state index contributed by atoms with van der Waals surface area (Å²) in [5, 5.41) is 1.34. The van der Waals surface area contributed by atoms with Crippen molar-refractivity contribution in [3.8, 4) is 5.75 Å². The quantitative estimate of drug-likeness (QED) is 0.761. The fraction of sp³-hybridized carbons (Fsp3) is 0.417. The van der Waals surface area contributed by atoms with E-state index >= 15 is 0 Å². The standard InChI is InChI=1S/C12H11F3OS/c13-12(14,15)10-4-3-9(7-17)5-11(10)16-6-8-1-2-8/h3-5,7-8H,1-2,6H2. The van der Waals surface area contributed by atoms with Crippen LogP contribution in [0.3, 0.4) is 0 Å². The lowest BCUT2D eigenvalue weighted by molar-refractivity contribution is -0.139. The first-order valence-electron chi connectivity index (χ1n) is 5.30. The highest BCUT2D eigenvalue weighted by Crippen LogP contribution is 2.38. The summed E-state index contributed by atoms with van der Waals surface area (Å²) in [5.74, 6) is 0.287. The number of halogens is 3. The molecule has 17 heavy (non-hydrogen) atoms. The molecule has 1 aliphatic rings. The lowest BCUT2D eigenvalue weighted by Crippen LogP contribution is -2.10. The van der Waals surface area contributed by atoms with Gasteiger partial charge in [-0.25, -0.2) is 0 Å². The molecule has 0 aromatic heterocycles. The molecule has 0 unspecified atom stereocenters. The molecule has 1 aromatic carbocycles. The summed E-state index contributed by atoms with van der Waals surface area (Å²) < 4.78 is 43.4. The summed E-state index contributed by atoms with van der Waals surface area (Å²) in [6.07, 6.45) is -2.32. The van der Waals surface area contributed by atoms with Crippen molar-refractivity contribution in [1.29, 1.82) is 0 Å². The van der Waals surface area contributed by atoms with Gasteiger partial charge < -0.3 is 4.74 Å². The van der Waals surface area contributed by atoms with Gasteiger partial charge in [0.25, 0.3) is 0 Å². The summed E-state index contributed by atoms with van der Waals surface area (Å²) >= 11 is 4.70. The van der Waals surface area contributed by atoms with Crippen LogP contribution in [-0.4, -0.2) is 12.0 Å². The molecule has 1 fully saturated rings. The van der Waals surface area contributed by atoms with E-state index in [0.717, 1.165) is 18.9 Å². The Bertz CT molecular complexity index is 424. The van der Waals surface area contributed by atoms with E-state index in [2.05, 4.69) is 0 Å². The molecule has 0 bridgehead atoms. The number of hydrogen-bond donors (Lipinski definition) is 0. The minimum absolute atomic E-state index is 0.122. The largest absolute Gasteiger partial charge is 0.493 e. The fourth-order valence-electron chi connectivity index (χ4n) is 1.46. The van der Waals surface area contributed by atoms with Crippen molar-refractivity contribution in [2.45, 2.75) is 19.0 Å². The monoisotopic (exact) mass is 260 g/mol. The normalized spacial score (nSPS) is 15.7. The van der Waals surface area contributed by atoms with Crippen molar-refractivity contribution in [1.82, 2.24) is 0 Å². The van der Waals surface area contributed by atoms with Crippen LogP contribution >= 0.6 is 12.2 Å². The van der Waals surface area contributed by atoms with Crippen molar-refractivity contribution < 1.29 is 17.9 Å². The molecular weight excluding hydrogens is 249 g/mol. The van der Waals surface area contributed by atoms with Crippen LogP contribution in [0, 0.1) is 5.92 Å². The molecule has 0 heterocycles. The molecule has 0 atom stereocenters. The van der Waals surface area contributed by atoms with Gasteiger partial charge in [0.2, 0.25) is 0 Å². The van der Waals surface area contributed by atoms with Gasteiger partial charge in [-0.1, -0.05) is 18.3 Å². The molecular formula is C12H11F3OS. The summed E-state index contributed by atoms with van der Waals surface area (Å²) in [6.45, 7) is 0.351. The first kappa shape index (κ1) is 12.4. The molecule has 0 saturated heterocycles. The molecule has 5 heteroatoms. The van der Waals surface area contributed by atoms with E-state index < -0.39 is 11.7 Å². The number of ether oxygens (including phenoxy) is 1. The molecule has 0 amide bonds. The van der Waals surface area contributed by atoms with E-state index in [0.29, 0.717) is 18.1 Å². The summed E-state index contributed by atoms with van der Waals surface area (Å²) in [7, 11) is 0. The maximum absolute atomic E-state index is 12.7. The van der Waals surface area contributed by atoms with Crippen LogP contribution in [-0.2, 0) is 6.18 Å². The molecule has 92 valence electrons. The second kappa shape index (κ2) is 4.64. The zero-order chi connectivity index (χ0) is 12.5. The van der Waals surface area contributed by atoms with Crippen molar-refractivity contribution in [3.63, 3.8) is 0 Å². The molecule has 0 radical (unpaired) electrons. The third kappa shape index (κ3) is 3.19. The predicted molar refractivity (Wildman–Crippen MR) is 62.4 cm³/mol. The second-order valence-corrected chi connectivity index (χ2v) is 4.36. The van der Waals surface area contributed by atoms with Crippen molar-refractivity contribution in [3.05, 3.63) is 29.3 Å². The Hall–Kier alpha value is -1.10. The first-order valence-corrected chi connectivity index (χ1v) is 5.77. The van der Waals surface area contributed by atoms with E-state index in [1.807, 2.05) is 0 Å². The molecule has 1 nitrogen and oxygen atoms in total. The second-order valence-electron chi connectivity index (χ2n) is 4.13. The van der Waals surface area contributed by atoms with E-state index in [1.54, 1.807) is 0 Å². The van der Waals surface area contributed by atoms with E-state index in [4.69, 9.17) is 17.0 Å². The summed E-state index contributed by atoms with van der Waals surface area (Å²) in [5.41, 5.74) is -0.183. The van der Waals surface area contributed by atoms with Gasteiger partial charge >= 0.3 is 6.18 Å². The molecule has 1 aliphatic carbocycles. The highest BCUT2D eigenvalue weighted by atomic mass is 32.1. The molecule has 0 aliphatic heterocycles. The van der Waals surface area contributed by atoms with Crippen molar-refractivity contribution in [2.75, 3.05) is 6.61 Å². The van der Waals surface area contributed by atoms with E-state index in [1.165, 1.54) is 17.5 Å². The molecule has 0 N–H and O–H groups in total. The molecule has 1 saturated carbocycles. The average Bonchev–Trinajstić information content (AvgIpc) is 3.08. The molecule has 1 aromatic rings. The Morgan fingerprint density at radius 3 is 2.59 bits per heavy atom. The van der Waals surface area contributed by atoms with Crippen molar-refractivity contribution in [2.24, 2.45) is 5.92 Å². The molecule has 2 rings (SSSR count). The van der Waals surface area contributed by atoms with Gasteiger partial charge in [0.1, 0.15) is 5.75 Å². The fourth-order valence-corrected chi connectivity index (χ4v) is 1.60. The summed E-state index contributed by atoms with van der Waals surface area (Å²) in [6, 6.07) is 3.71. The minimum Gasteiger partial charge on any atom is -0.493 e. The third-order valence-corrected chi connectivity index (χ3v) is 2.89. The first-order chi connectivity index (χ1) is 8.00. The highest BCUT2D eigenvalue weighted by Gasteiger charge is 2.35. The Morgan fingerprint density at radius 2 is 2.06 bits per heavy atom. The minimum atomic E-state index is -4.39. The van der Waals surface area contributed by atoms with Gasteiger partial charge in [0.05, 0.1) is 12.2 Å². The van der Waals surface area contributed by atoms with Gasteiger partial charge in [-0.05, 0) is 36.5 Å². The van der Waals surface area contributed by atoms with E-state index in [9.17, 15) is 13.2 Å². The van der Waals surface area contributed by atoms with Gasteiger partial charge in [-0.2, -0.15) is 13.2 Å². The lowest BCUT2D eigenvalue weighted by atomic mass is 10.1. The highest BCUT2D eigenvalue weighted by molar-refractivity contribution is 7.79. The Balaban J connectivity index is 2.25. The third-order valence-electron chi connectivity index (χ3n) is 2.62. The van der Waals surface area contributed by atoms with Crippen LogP contribution in [0.2, 0.25) is 0 Å². The zero-order valence-electron chi connectivity index (χ0n) is 8.96. The van der Waals surface area contributed by atoms with Gasteiger partial charge in [0.15, 0.2) is 0 Å². The van der Waals surface area contributed by atoms with Crippen LogP contribution in [0.15, 0.2) is 18.2 Å². The lowest BCUT2D eigenvalue weighted by Gasteiger charge is -2.14. The Labute approximate surface area is 103 Å². The number of hydrogen-bond acceptors (Lipinski definition) is 2. The van der Waals surface area contributed by atoms with Crippen LogP contribution in [0.25, 0.3) is 0 Å². The maximum Gasteiger partial charge on any atom is 0.419 e. The maximum atomic E-state index is 12.7. The van der Waals surface area contributed by atoms with Gasteiger partial charge in [-0.15, -0.1) is 0 Å². The van der Waals surface area contributed by atoms with Crippen LogP contribution in [0.1, 0.15) is 24.0 Å². The molecule has 0 spiro atoms. The predicted octanol–water partition coefficient (Wildman–Crippen LogP) is 3.84. The van der Waals surface area contributed by atoms with Crippen LogP contribution < -0.4 is 4.74 Å². The van der Waals surface area contributed by atoms with Gasteiger partial charge in [-0.3, -0.25) is 0 Å². The number of benzene rings is 1. The SMILES string of the molecule is FC(F)(F)c1ccc(C=S)cc1OCC1CC1. The van der Waals surface area contributed by atoms with Crippen LogP contribution in [0.5, 0.6) is 5.75 Å².